The molecule has 2 heterocycles. The van der Waals surface area contributed by atoms with Gasteiger partial charge in [0.05, 0.1) is 23.7 Å². The van der Waals surface area contributed by atoms with Gasteiger partial charge in [0, 0.05) is 11.6 Å². The Morgan fingerprint density at radius 2 is 1.97 bits per heavy atom. The maximum atomic E-state index is 14.7. The molecule has 4 rings (SSSR count). The molecule has 0 aliphatic carbocycles. The number of benzene rings is 2. The second-order valence-corrected chi connectivity index (χ2v) is 7.66. The monoisotopic (exact) mass is 453 g/mol. The summed E-state index contributed by atoms with van der Waals surface area (Å²) in [5.41, 5.74) is 1.68. The molecule has 0 aliphatic rings. The van der Waals surface area contributed by atoms with Crippen LogP contribution in [0.3, 0.4) is 0 Å². The smallest absolute Gasteiger partial charge is 0.237 e. The number of ether oxygens (including phenoxy) is 1. The highest BCUT2D eigenvalue weighted by Crippen LogP contribution is 2.30. The third-order valence-electron chi connectivity index (χ3n) is 4.37. The first kappa shape index (κ1) is 21.6. The maximum Gasteiger partial charge on any atom is 0.237 e. The number of para-hydroxylation sites is 1. The van der Waals surface area contributed by atoms with E-state index in [-0.39, 0.29) is 23.2 Å². The number of rotatable bonds is 8. The number of hydrogen-bond donors (Lipinski definition) is 1. The summed E-state index contributed by atoms with van der Waals surface area (Å²) in [4.78, 5) is 12.3. The third kappa shape index (κ3) is 4.80. The molecule has 0 aliphatic heterocycles. The van der Waals surface area contributed by atoms with E-state index in [1.165, 1.54) is 6.07 Å². The van der Waals surface area contributed by atoms with E-state index < -0.39 is 5.82 Å². The summed E-state index contributed by atoms with van der Waals surface area (Å²) in [6.45, 7) is 4.22. The maximum absolute atomic E-state index is 14.7. The number of anilines is 1. The summed E-state index contributed by atoms with van der Waals surface area (Å²) in [5.74, 6) is 0.725. The van der Waals surface area contributed by atoms with Crippen LogP contribution >= 0.6 is 11.8 Å². The van der Waals surface area contributed by atoms with Crippen molar-refractivity contribution >= 4 is 23.6 Å². The summed E-state index contributed by atoms with van der Waals surface area (Å²) in [6, 6.07) is 15.3. The predicted octanol–water partition coefficient (Wildman–Crippen LogP) is 4.50. The lowest BCUT2D eigenvalue weighted by molar-refractivity contribution is -0.113. The Kier molecular flexibility index (Phi) is 6.50. The van der Waals surface area contributed by atoms with Crippen LogP contribution in [0.4, 0.5) is 10.3 Å². The largest absolute Gasteiger partial charge is 0.494 e. The van der Waals surface area contributed by atoms with Gasteiger partial charge in [-0.15, -0.1) is 10.2 Å². The van der Waals surface area contributed by atoms with E-state index in [1.54, 1.807) is 35.8 Å². The number of carbonyl (C=O) groups is 1. The van der Waals surface area contributed by atoms with Gasteiger partial charge in [-0.1, -0.05) is 29.1 Å². The molecule has 2 aromatic heterocycles. The van der Waals surface area contributed by atoms with Crippen LogP contribution in [0.1, 0.15) is 12.6 Å². The molecule has 8 nitrogen and oxygen atoms in total. The van der Waals surface area contributed by atoms with Gasteiger partial charge in [-0.3, -0.25) is 14.7 Å². The molecule has 0 fully saturated rings. The van der Waals surface area contributed by atoms with Gasteiger partial charge >= 0.3 is 0 Å². The molecule has 0 atom stereocenters. The van der Waals surface area contributed by atoms with Crippen molar-refractivity contribution in [3.63, 3.8) is 0 Å². The predicted molar refractivity (Wildman–Crippen MR) is 119 cm³/mol. The van der Waals surface area contributed by atoms with E-state index in [0.29, 0.717) is 23.3 Å². The molecule has 4 aromatic rings. The summed E-state index contributed by atoms with van der Waals surface area (Å²) in [6.07, 6.45) is 0. The second-order valence-electron chi connectivity index (χ2n) is 6.72. The number of aromatic nitrogens is 4. The van der Waals surface area contributed by atoms with Crippen molar-refractivity contribution in [1.29, 1.82) is 0 Å². The number of aryl methyl sites for hydroxylation is 1. The van der Waals surface area contributed by atoms with Crippen LogP contribution in [0, 0.1) is 12.7 Å². The summed E-state index contributed by atoms with van der Waals surface area (Å²) < 4.78 is 26.8. The van der Waals surface area contributed by atoms with E-state index in [1.807, 2.05) is 31.2 Å². The number of nitrogens with one attached hydrogen (secondary N) is 1. The van der Waals surface area contributed by atoms with Crippen molar-refractivity contribution in [2.45, 2.75) is 19.0 Å². The van der Waals surface area contributed by atoms with E-state index in [2.05, 4.69) is 20.7 Å². The Morgan fingerprint density at radius 3 is 2.66 bits per heavy atom. The minimum absolute atomic E-state index is 0.0234. The molecule has 0 spiro atoms. The first-order valence-electron chi connectivity index (χ1n) is 9.84. The van der Waals surface area contributed by atoms with Crippen LogP contribution in [0.2, 0.25) is 0 Å². The number of amides is 1. The van der Waals surface area contributed by atoms with Crippen molar-refractivity contribution < 1.29 is 18.4 Å². The second kappa shape index (κ2) is 9.65. The highest BCUT2D eigenvalue weighted by Gasteiger charge is 2.20. The van der Waals surface area contributed by atoms with Crippen LogP contribution in [-0.4, -0.2) is 38.2 Å². The van der Waals surface area contributed by atoms with Crippen LogP contribution in [0.5, 0.6) is 5.75 Å². The fraction of sp³-hybridized carbons (Fsp3) is 0.182. The SMILES string of the molecule is CCOc1ccc(-c2nnc(SCC(=O)Nc3cc(C)no3)n2-c2ccccc2F)cc1. The lowest BCUT2D eigenvalue weighted by Crippen LogP contribution is -2.14. The number of hydrogen-bond acceptors (Lipinski definition) is 7. The highest BCUT2D eigenvalue weighted by atomic mass is 32.2. The average molecular weight is 453 g/mol. The Hall–Kier alpha value is -3.66. The number of carbonyl (C=O) groups excluding carboxylic acids is 1. The van der Waals surface area contributed by atoms with Crippen molar-refractivity contribution in [2.24, 2.45) is 0 Å². The zero-order valence-electron chi connectivity index (χ0n) is 17.4. The van der Waals surface area contributed by atoms with Crippen molar-refractivity contribution in [2.75, 3.05) is 17.7 Å². The van der Waals surface area contributed by atoms with Crippen LogP contribution in [0.25, 0.3) is 17.1 Å². The van der Waals surface area contributed by atoms with Gasteiger partial charge in [-0.05, 0) is 50.2 Å². The molecule has 32 heavy (non-hydrogen) atoms. The zero-order valence-corrected chi connectivity index (χ0v) is 18.2. The average Bonchev–Trinajstić information content (AvgIpc) is 3.39. The summed E-state index contributed by atoms with van der Waals surface area (Å²) in [5, 5.41) is 15.2. The summed E-state index contributed by atoms with van der Waals surface area (Å²) >= 11 is 1.14. The summed E-state index contributed by atoms with van der Waals surface area (Å²) in [7, 11) is 0. The standard InChI is InChI=1S/C22H20FN5O3S/c1-3-30-16-10-8-15(9-11-16)21-25-26-22(28(21)18-7-5-4-6-17(18)23)32-13-19(29)24-20-12-14(2)27-31-20/h4-12H,3,13H2,1-2H3,(H,24,29). The van der Waals surface area contributed by atoms with E-state index in [9.17, 15) is 9.18 Å². The topological polar surface area (TPSA) is 95.1 Å². The normalized spacial score (nSPS) is 10.8. The quantitative estimate of drug-likeness (QED) is 0.393. The fourth-order valence-corrected chi connectivity index (χ4v) is 3.74. The minimum atomic E-state index is -0.428. The molecular weight excluding hydrogens is 433 g/mol. The number of thioether (sulfide) groups is 1. The molecule has 164 valence electrons. The van der Waals surface area contributed by atoms with E-state index >= 15 is 0 Å². The molecule has 0 bridgehead atoms. The lowest BCUT2D eigenvalue weighted by Gasteiger charge is -2.11. The first-order valence-corrected chi connectivity index (χ1v) is 10.8. The van der Waals surface area contributed by atoms with Gasteiger partial charge in [0.25, 0.3) is 0 Å². The zero-order chi connectivity index (χ0) is 22.5. The molecule has 0 saturated carbocycles. The van der Waals surface area contributed by atoms with Gasteiger partial charge in [0.2, 0.25) is 11.8 Å². The third-order valence-corrected chi connectivity index (χ3v) is 5.30. The molecular formula is C22H20FN5O3S. The van der Waals surface area contributed by atoms with Crippen molar-refractivity contribution in [3.8, 4) is 22.8 Å². The van der Waals surface area contributed by atoms with Crippen LogP contribution in [0.15, 0.2) is 64.3 Å². The molecule has 0 unspecified atom stereocenters. The van der Waals surface area contributed by atoms with Crippen molar-refractivity contribution in [1.82, 2.24) is 19.9 Å². The van der Waals surface area contributed by atoms with E-state index in [4.69, 9.17) is 9.26 Å². The molecule has 0 saturated heterocycles. The first-order chi connectivity index (χ1) is 15.5. The lowest BCUT2D eigenvalue weighted by atomic mass is 10.2. The molecule has 1 N–H and O–H groups in total. The highest BCUT2D eigenvalue weighted by molar-refractivity contribution is 7.99. The van der Waals surface area contributed by atoms with Gasteiger partial charge in [-0.2, -0.15) is 0 Å². The van der Waals surface area contributed by atoms with E-state index in [0.717, 1.165) is 23.1 Å². The molecule has 0 radical (unpaired) electrons. The van der Waals surface area contributed by atoms with Crippen molar-refractivity contribution in [3.05, 3.63) is 66.1 Å². The molecule has 2 aromatic carbocycles. The Bertz CT molecular complexity index is 1220. The van der Waals surface area contributed by atoms with Gasteiger partial charge < -0.3 is 9.26 Å². The Morgan fingerprint density at radius 1 is 1.19 bits per heavy atom. The van der Waals surface area contributed by atoms with Crippen LogP contribution in [-0.2, 0) is 4.79 Å². The van der Waals surface area contributed by atoms with Gasteiger partial charge in [-0.25, -0.2) is 4.39 Å². The Labute approximate surface area is 187 Å². The molecule has 1 amide bonds. The molecule has 10 heteroatoms. The number of halogens is 1. The Balaban J connectivity index is 1.62. The van der Waals surface area contributed by atoms with Gasteiger partial charge in [0.1, 0.15) is 11.6 Å². The minimum Gasteiger partial charge on any atom is -0.494 e. The van der Waals surface area contributed by atoms with Gasteiger partial charge in [0.15, 0.2) is 11.0 Å². The van der Waals surface area contributed by atoms with Crippen LogP contribution < -0.4 is 10.1 Å². The number of nitrogens with zero attached hydrogens (tertiary/aromatic N) is 4. The fourth-order valence-electron chi connectivity index (χ4n) is 2.99.